The fraction of sp³-hybridized carbons (Fsp3) is 0.929. The van der Waals surface area contributed by atoms with Crippen molar-refractivity contribution in [1.82, 2.24) is 5.32 Å². The Labute approximate surface area is 117 Å². The van der Waals surface area contributed by atoms with E-state index in [0.29, 0.717) is 12.8 Å². The summed E-state index contributed by atoms with van der Waals surface area (Å²) in [5.74, 6) is -1.58. The average molecular weight is 292 g/mol. The second kappa shape index (κ2) is 6.33. The lowest BCUT2D eigenvalue weighted by molar-refractivity contribution is -0.184. The summed E-state index contributed by atoms with van der Waals surface area (Å²) in [5.41, 5.74) is 5.33. The van der Waals surface area contributed by atoms with E-state index in [0.717, 1.165) is 25.7 Å². The van der Waals surface area contributed by atoms with Gasteiger partial charge in [0.2, 0.25) is 5.91 Å². The number of carbonyl (C=O) groups excluding carboxylic acids is 1. The number of rotatable bonds is 3. The Morgan fingerprint density at radius 1 is 1.00 bits per heavy atom. The zero-order chi connectivity index (χ0) is 14.8. The monoisotopic (exact) mass is 292 g/mol. The molecule has 2 aliphatic rings. The fourth-order valence-corrected chi connectivity index (χ4v) is 3.57. The minimum Gasteiger partial charge on any atom is -0.369 e. The van der Waals surface area contributed by atoms with E-state index in [1.165, 1.54) is 0 Å². The molecule has 3 N–H and O–H groups in total. The molecule has 116 valence electrons. The average Bonchev–Trinajstić information content (AvgIpc) is 2.38. The molecule has 0 saturated heterocycles. The summed E-state index contributed by atoms with van der Waals surface area (Å²) in [4.78, 5) is 11.2. The van der Waals surface area contributed by atoms with Crippen LogP contribution in [0.3, 0.4) is 0 Å². The van der Waals surface area contributed by atoms with Crippen LogP contribution in [0.25, 0.3) is 0 Å². The van der Waals surface area contributed by atoms with Gasteiger partial charge in [0.15, 0.2) is 0 Å². The van der Waals surface area contributed by atoms with Gasteiger partial charge in [-0.2, -0.15) is 13.2 Å². The summed E-state index contributed by atoms with van der Waals surface area (Å²) in [5, 5.41) is 3.34. The van der Waals surface area contributed by atoms with Crippen LogP contribution in [-0.4, -0.2) is 24.2 Å². The van der Waals surface area contributed by atoms with Crippen molar-refractivity contribution >= 4 is 5.91 Å². The maximum absolute atomic E-state index is 12.8. The molecule has 0 spiro atoms. The van der Waals surface area contributed by atoms with E-state index in [1.807, 2.05) is 0 Å². The molecule has 20 heavy (non-hydrogen) atoms. The first-order valence-corrected chi connectivity index (χ1v) is 7.48. The van der Waals surface area contributed by atoms with Crippen molar-refractivity contribution in [2.24, 2.45) is 17.6 Å². The van der Waals surface area contributed by atoms with Gasteiger partial charge in [-0.15, -0.1) is 0 Å². The minimum absolute atomic E-state index is 0.0769. The van der Waals surface area contributed by atoms with E-state index in [-0.39, 0.29) is 36.8 Å². The van der Waals surface area contributed by atoms with Gasteiger partial charge in [-0.05, 0) is 38.5 Å². The second-order valence-corrected chi connectivity index (χ2v) is 6.23. The molecule has 6 heteroatoms. The number of nitrogens with one attached hydrogen (secondary N) is 1. The Kier molecular flexibility index (Phi) is 4.94. The van der Waals surface area contributed by atoms with Gasteiger partial charge in [0.1, 0.15) is 0 Å². The summed E-state index contributed by atoms with van der Waals surface area (Å²) in [7, 11) is 0. The zero-order valence-corrected chi connectivity index (χ0v) is 11.6. The van der Waals surface area contributed by atoms with Crippen LogP contribution in [0.2, 0.25) is 0 Å². The first-order chi connectivity index (χ1) is 9.36. The summed E-state index contributed by atoms with van der Waals surface area (Å²) in [6.07, 6.45) is 1.07. The highest BCUT2D eigenvalue weighted by Crippen LogP contribution is 2.38. The molecule has 0 aliphatic heterocycles. The maximum Gasteiger partial charge on any atom is 0.391 e. The molecule has 2 rings (SSSR count). The fourth-order valence-electron chi connectivity index (χ4n) is 3.57. The summed E-state index contributed by atoms with van der Waals surface area (Å²) >= 11 is 0. The van der Waals surface area contributed by atoms with Crippen molar-refractivity contribution in [1.29, 1.82) is 0 Å². The van der Waals surface area contributed by atoms with E-state index in [1.54, 1.807) is 0 Å². The van der Waals surface area contributed by atoms with Crippen LogP contribution in [0.5, 0.6) is 0 Å². The van der Waals surface area contributed by atoms with Gasteiger partial charge < -0.3 is 11.1 Å². The molecule has 2 saturated carbocycles. The van der Waals surface area contributed by atoms with Crippen LogP contribution in [0, 0.1) is 11.8 Å². The lowest BCUT2D eigenvalue weighted by Gasteiger charge is -2.36. The standard InChI is InChI=1S/C14H23F3N2O/c15-14(16,17)10-4-2-6-12(8-10)19-11-5-1-3-9(7-11)13(18)20/h9-12,19H,1-8H2,(H2,18,20)/t9-,10+,11+,12+/m1/s1. The van der Waals surface area contributed by atoms with Crippen molar-refractivity contribution in [2.75, 3.05) is 0 Å². The highest BCUT2D eigenvalue weighted by molar-refractivity contribution is 5.76. The number of hydrogen-bond acceptors (Lipinski definition) is 2. The van der Waals surface area contributed by atoms with Gasteiger partial charge in [-0.25, -0.2) is 0 Å². The molecular weight excluding hydrogens is 269 g/mol. The number of amides is 1. The molecule has 0 bridgehead atoms. The van der Waals surface area contributed by atoms with Crippen molar-refractivity contribution in [3.63, 3.8) is 0 Å². The Balaban J connectivity index is 1.85. The maximum atomic E-state index is 12.8. The van der Waals surface area contributed by atoms with E-state index in [4.69, 9.17) is 5.73 Å². The highest BCUT2D eigenvalue weighted by Gasteiger charge is 2.42. The SMILES string of the molecule is NC(=O)[C@@H]1CCC[C@H](N[C@H]2CCC[C@H](C(F)(F)F)C2)C1. The van der Waals surface area contributed by atoms with Gasteiger partial charge in [0.05, 0.1) is 5.92 Å². The topological polar surface area (TPSA) is 55.1 Å². The van der Waals surface area contributed by atoms with Crippen molar-refractivity contribution in [3.8, 4) is 0 Å². The Morgan fingerprint density at radius 2 is 1.60 bits per heavy atom. The third kappa shape index (κ3) is 4.11. The summed E-state index contributed by atoms with van der Waals surface area (Å²) in [6, 6.07) is 0.0604. The molecule has 0 radical (unpaired) electrons. The zero-order valence-electron chi connectivity index (χ0n) is 11.6. The van der Waals surface area contributed by atoms with Crippen molar-refractivity contribution < 1.29 is 18.0 Å². The molecule has 0 unspecified atom stereocenters. The van der Waals surface area contributed by atoms with Gasteiger partial charge >= 0.3 is 6.18 Å². The Morgan fingerprint density at radius 3 is 2.20 bits per heavy atom. The van der Waals surface area contributed by atoms with Crippen molar-refractivity contribution in [3.05, 3.63) is 0 Å². The lowest BCUT2D eigenvalue weighted by Crippen LogP contribution is -2.46. The molecule has 2 fully saturated rings. The normalized spacial score (nSPS) is 35.8. The number of alkyl halides is 3. The smallest absolute Gasteiger partial charge is 0.369 e. The summed E-state index contributed by atoms with van der Waals surface area (Å²) in [6.45, 7) is 0. The third-order valence-corrected chi connectivity index (χ3v) is 4.69. The number of halogens is 3. The van der Waals surface area contributed by atoms with Crippen molar-refractivity contribution in [2.45, 2.75) is 69.6 Å². The largest absolute Gasteiger partial charge is 0.391 e. The molecule has 3 nitrogen and oxygen atoms in total. The minimum atomic E-state index is -4.08. The Bertz CT molecular complexity index is 346. The number of nitrogens with two attached hydrogens (primary N) is 1. The number of carbonyl (C=O) groups is 1. The predicted octanol–water partition coefficient (Wildman–Crippen LogP) is 2.74. The molecule has 4 atom stereocenters. The number of primary amides is 1. The highest BCUT2D eigenvalue weighted by atomic mass is 19.4. The quantitative estimate of drug-likeness (QED) is 0.840. The first-order valence-electron chi connectivity index (χ1n) is 7.48. The second-order valence-electron chi connectivity index (χ2n) is 6.23. The molecule has 0 aromatic rings. The molecular formula is C14H23F3N2O. The summed E-state index contributed by atoms with van der Waals surface area (Å²) < 4.78 is 38.3. The molecule has 0 aromatic carbocycles. The lowest BCUT2D eigenvalue weighted by atomic mass is 9.82. The van der Waals surface area contributed by atoms with E-state index >= 15 is 0 Å². The van der Waals surface area contributed by atoms with E-state index < -0.39 is 12.1 Å². The molecule has 0 aromatic heterocycles. The molecule has 0 heterocycles. The van der Waals surface area contributed by atoms with E-state index in [2.05, 4.69) is 5.32 Å². The van der Waals surface area contributed by atoms with Crippen LogP contribution in [0.1, 0.15) is 51.4 Å². The molecule has 2 aliphatic carbocycles. The Hall–Kier alpha value is -0.780. The predicted molar refractivity (Wildman–Crippen MR) is 69.9 cm³/mol. The molecule has 1 amide bonds. The van der Waals surface area contributed by atoms with Crippen LogP contribution >= 0.6 is 0 Å². The third-order valence-electron chi connectivity index (χ3n) is 4.69. The van der Waals surface area contributed by atoms with Crippen LogP contribution in [0.15, 0.2) is 0 Å². The van der Waals surface area contributed by atoms with Crippen LogP contribution < -0.4 is 11.1 Å². The van der Waals surface area contributed by atoms with Crippen LogP contribution in [0.4, 0.5) is 13.2 Å². The van der Waals surface area contributed by atoms with E-state index in [9.17, 15) is 18.0 Å². The van der Waals surface area contributed by atoms with Gasteiger partial charge in [0, 0.05) is 18.0 Å². The van der Waals surface area contributed by atoms with Gasteiger partial charge in [-0.1, -0.05) is 12.8 Å². The van der Waals surface area contributed by atoms with Gasteiger partial charge in [0.25, 0.3) is 0 Å². The number of hydrogen-bond donors (Lipinski definition) is 2. The first kappa shape index (κ1) is 15.6. The van der Waals surface area contributed by atoms with Crippen LogP contribution in [-0.2, 0) is 4.79 Å². The van der Waals surface area contributed by atoms with Gasteiger partial charge in [-0.3, -0.25) is 4.79 Å².